The summed E-state index contributed by atoms with van der Waals surface area (Å²) >= 11 is 0. The van der Waals surface area contributed by atoms with Crippen molar-refractivity contribution in [3.8, 4) is 40.1 Å². The summed E-state index contributed by atoms with van der Waals surface area (Å²) in [7, 11) is 0. The number of aliphatic carboxylic acids is 1. The molecule has 0 radical (unpaired) electrons. The Morgan fingerprint density at radius 1 is 0.708 bits per heavy atom. The number of hydrogen-bond acceptors (Lipinski definition) is 8. The molecule has 0 aliphatic carbocycles. The number of benzene rings is 5. The van der Waals surface area contributed by atoms with Gasteiger partial charge in [0.15, 0.2) is 23.4 Å². The molecule has 0 bridgehead atoms. The van der Waals surface area contributed by atoms with E-state index in [-0.39, 0.29) is 53.8 Å². The monoisotopic (exact) mass is 644 g/mol. The lowest BCUT2D eigenvalue weighted by Crippen LogP contribution is -2.23. The highest BCUT2D eigenvalue weighted by atomic mass is 16.5. The van der Waals surface area contributed by atoms with Crippen molar-refractivity contribution in [3.63, 3.8) is 0 Å². The maximum atomic E-state index is 14.0. The van der Waals surface area contributed by atoms with Gasteiger partial charge in [-0.25, -0.2) is 4.79 Å². The Labute approximate surface area is 276 Å². The van der Waals surface area contributed by atoms with Crippen LogP contribution < -0.4 is 24.4 Å². The zero-order valence-electron chi connectivity index (χ0n) is 26.0. The molecule has 0 saturated heterocycles. The van der Waals surface area contributed by atoms with Crippen LogP contribution in [0.15, 0.2) is 131 Å². The van der Waals surface area contributed by atoms with E-state index in [1.165, 1.54) is 25.1 Å². The number of hydrogen-bond donors (Lipinski definition) is 2. The number of carboxylic acids is 1. The van der Waals surface area contributed by atoms with E-state index in [4.69, 9.17) is 23.4 Å². The van der Waals surface area contributed by atoms with Crippen LogP contribution in [-0.4, -0.2) is 22.3 Å². The van der Waals surface area contributed by atoms with Gasteiger partial charge < -0.3 is 33.6 Å². The third-order valence-corrected chi connectivity index (χ3v) is 7.48. The molecule has 0 saturated carbocycles. The molecule has 2 N–H and O–H groups in total. The lowest BCUT2D eigenvalue weighted by Gasteiger charge is -2.18. The maximum Gasteiger partial charge on any atom is 0.344 e. The Balaban J connectivity index is 1.43. The molecular weight excluding hydrogens is 612 g/mol. The summed E-state index contributed by atoms with van der Waals surface area (Å²) in [5, 5.41) is 20.5. The molecule has 0 spiro atoms. The number of phenols is 1. The number of fused-ring (bicyclic) bond motifs is 1. The van der Waals surface area contributed by atoms with Crippen molar-refractivity contribution in [2.45, 2.75) is 32.8 Å². The first-order valence-electron chi connectivity index (χ1n) is 15.2. The van der Waals surface area contributed by atoms with Crippen molar-refractivity contribution in [2.75, 3.05) is 0 Å². The van der Waals surface area contributed by atoms with Crippen LogP contribution in [0, 0.1) is 0 Å². The minimum absolute atomic E-state index is 0.0425. The third-order valence-electron chi connectivity index (χ3n) is 7.48. The minimum atomic E-state index is -1.21. The highest BCUT2D eigenvalue weighted by Crippen LogP contribution is 2.40. The van der Waals surface area contributed by atoms with E-state index in [1.54, 1.807) is 12.1 Å². The molecule has 1 heterocycles. The molecule has 9 heteroatoms. The van der Waals surface area contributed by atoms with Gasteiger partial charge in [0.2, 0.25) is 11.2 Å². The van der Waals surface area contributed by atoms with Gasteiger partial charge in [0.25, 0.3) is 0 Å². The van der Waals surface area contributed by atoms with Gasteiger partial charge in [0.1, 0.15) is 42.3 Å². The number of aromatic hydroxyl groups is 1. The lowest BCUT2D eigenvalue weighted by molar-refractivity contribution is -0.144. The molecule has 242 valence electrons. The Morgan fingerprint density at radius 2 is 1.27 bits per heavy atom. The second-order valence-corrected chi connectivity index (χ2v) is 11.0. The highest BCUT2D eigenvalue weighted by molar-refractivity contribution is 5.88. The Hall–Kier alpha value is -6.22. The fourth-order valence-electron chi connectivity index (χ4n) is 4.97. The summed E-state index contributed by atoms with van der Waals surface area (Å²) in [6.07, 6.45) is -1.21. The highest BCUT2D eigenvalue weighted by Gasteiger charge is 2.24. The van der Waals surface area contributed by atoms with Crippen molar-refractivity contribution in [1.29, 1.82) is 0 Å². The van der Waals surface area contributed by atoms with Gasteiger partial charge in [-0.15, -0.1) is 0 Å². The number of carbonyl (C=O) groups is 1. The zero-order valence-corrected chi connectivity index (χ0v) is 26.0. The van der Waals surface area contributed by atoms with Crippen molar-refractivity contribution < 1.29 is 38.4 Å². The van der Waals surface area contributed by atoms with E-state index in [0.717, 1.165) is 16.7 Å². The third kappa shape index (κ3) is 7.42. The van der Waals surface area contributed by atoms with E-state index in [0.29, 0.717) is 17.1 Å². The van der Waals surface area contributed by atoms with Crippen molar-refractivity contribution in [3.05, 3.63) is 148 Å². The van der Waals surface area contributed by atoms with E-state index >= 15 is 0 Å². The predicted octanol–water partition coefficient (Wildman–Crippen LogP) is 7.75. The average Bonchev–Trinajstić information content (AvgIpc) is 3.10. The second-order valence-electron chi connectivity index (χ2n) is 11.0. The Bertz CT molecular complexity index is 2080. The van der Waals surface area contributed by atoms with Crippen LogP contribution in [0.2, 0.25) is 0 Å². The Kier molecular flexibility index (Phi) is 9.57. The molecule has 1 unspecified atom stereocenters. The summed E-state index contributed by atoms with van der Waals surface area (Å²) in [6, 6.07) is 36.0. The van der Waals surface area contributed by atoms with Gasteiger partial charge in [-0.1, -0.05) is 91.0 Å². The lowest BCUT2D eigenvalue weighted by atomic mass is 10.1. The van der Waals surface area contributed by atoms with Crippen LogP contribution in [0.5, 0.6) is 28.7 Å². The molecule has 5 aromatic carbocycles. The van der Waals surface area contributed by atoms with Gasteiger partial charge >= 0.3 is 5.97 Å². The summed E-state index contributed by atoms with van der Waals surface area (Å²) in [5.74, 6) is -0.890. The topological polar surface area (TPSA) is 125 Å². The smallest absolute Gasteiger partial charge is 0.344 e. The summed E-state index contributed by atoms with van der Waals surface area (Å²) in [4.78, 5) is 25.8. The SMILES string of the molecule is CC(Oc1cc(-c2oc3cc(OCc4ccccc4)cc(O)c3c(=O)c2OCc2ccccc2)ccc1OCc1ccccc1)C(=O)O. The predicted molar refractivity (Wildman–Crippen MR) is 180 cm³/mol. The van der Waals surface area contributed by atoms with E-state index in [1.807, 2.05) is 91.0 Å². The molecule has 48 heavy (non-hydrogen) atoms. The fraction of sp³-hybridized carbons (Fsp3) is 0.128. The molecule has 1 atom stereocenters. The van der Waals surface area contributed by atoms with E-state index < -0.39 is 17.5 Å². The molecule has 6 rings (SSSR count). The van der Waals surface area contributed by atoms with E-state index in [9.17, 15) is 19.8 Å². The largest absolute Gasteiger partial charge is 0.507 e. The molecule has 1 aromatic heterocycles. The standard InChI is InChI=1S/C39H32O9/c1-25(39(42)43)47-33-19-29(17-18-32(33)45-23-27-13-7-3-8-14-27)37-38(46-24-28-15-9-4-10-16-28)36(41)35-31(40)20-30(21-34(35)48-37)44-22-26-11-5-2-6-12-26/h2-21,25,40H,22-24H2,1H3,(H,42,43). The van der Waals surface area contributed by atoms with Gasteiger partial charge in [-0.2, -0.15) is 0 Å². The van der Waals surface area contributed by atoms with Crippen LogP contribution in [0.25, 0.3) is 22.3 Å². The first-order chi connectivity index (χ1) is 23.4. The molecular formula is C39H32O9. The van der Waals surface area contributed by atoms with Gasteiger partial charge in [0.05, 0.1) is 0 Å². The molecule has 0 aliphatic rings. The number of rotatable bonds is 13. The first kappa shape index (κ1) is 31.7. The van der Waals surface area contributed by atoms with Crippen molar-refractivity contribution in [2.24, 2.45) is 0 Å². The summed E-state index contributed by atoms with van der Waals surface area (Å²) in [6.45, 7) is 1.88. The van der Waals surface area contributed by atoms with Gasteiger partial charge in [-0.05, 0) is 41.8 Å². The van der Waals surface area contributed by atoms with Crippen LogP contribution in [0.1, 0.15) is 23.6 Å². The fourth-order valence-corrected chi connectivity index (χ4v) is 4.97. The van der Waals surface area contributed by atoms with Crippen LogP contribution in [-0.2, 0) is 24.6 Å². The normalized spacial score (nSPS) is 11.5. The molecule has 0 aliphatic heterocycles. The van der Waals surface area contributed by atoms with Crippen LogP contribution >= 0.6 is 0 Å². The first-order valence-corrected chi connectivity index (χ1v) is 15.2. The molecule has 6 aromatic rings. The van der Waals surface area contributed by atoms with Gasteiger partial charge in [0, 0.05) is 17.7 Å². The molecule has 9 nitrogen and oxygen atoms in total. The zero-order chi connectivity index (χ0) is 33.5. The van der Waals surface area contributed by atoms with Gasteiger partial charge in [-0.3, -0.25) is 4.79 Å². The summed E-state index contributed by atoms with van der Waals surface area (Å²) < 4.78 is 30.2. The van der Waals surface area contributed by atoms with Crippen molar-refractivity contribution in [1.82, 2.24) is 0 Å². The number of ether oxygens (including phenoxy) is 4. The maximum absolute atomic E-state index is 14.0. The second kappa shape index (κ2) is 14.5. The average molecular weight is 645 g/mol. The van der Waals surface area contributed by atoms with Crippen molar-refractivity contribution >= 4 is 16.9 Å². The van der Waals surface area contributed by atoms with Crippen LogP contribution in [0.4, 0.5) is 0 Å². The minimum Gasteiger partial charge on any atom is -0.507 e. The van der Waals surface area contributed by atoms with Crippen LogP contribution in [0.3, 0.4) is 0 Å². The summed E-state index contributed by atoms with van der Waals surface area (Å²) in [5.41, 5.74) is 2.45. The van der Waals surface area contributed by atoms with E-state index in [2.05, 4.69) is 0 Å². The number of carboxylic acid groups (broad SMARTS) is 1. The Morgan fingerprint density at radius 3 is 1.85 bits per heavy atom. The molecule has 0 fully saturated rings. The number of phenolic OH excluding ortho intramolecular Hbond substituents is 1. The molecule has 0 amide bonds. The quantitative estimate of drug-likeness (QED) is 0.130.